The van der Waals surface area contributed by atoms with Gasteiger partial charge in [0.1, 0.15) is 0 Å². The lowest BCUT2D eigenvalue weighted by molar-refractivity contribution is 0.354. The Bertz CT molecular complexity index is 555. The van der Waals surface area contributed by atoms with Crippen molar-refractivity contribution in [3.05, 3.63) is 29.6 Å². The molecule has 0 aliphatic heterocycles. The number of aromatic nitrogens is 4. The molecular formula is C13H19N5O2. The minimum atomic E-state index is 0.652. The monoisotopic (exact) mass is 277 g/mol. The van der Waals surface area contributed by atoms with E-state index in [2.05, 4.69) is 20.8 Å². The molecule has 2 aromatic rings. The molecule has 7 nitrogen and oxygen atoms in total. The van der Waals surface area contributed by atoms with Crippen molar-refractivity contribution in [2.45, 2.75) is 19.5 Å². The van der Waals surface area contributed by atoms with Crippen molar-refractivity contribution in [2.75, 3.05) is 21.3 Å². The van der Waals surface area contributed by atoms with Gasteiger partial charge in [-0.1, -0.05) is 6.07 Å². The van der Waals surface area contributed by atoms with Crippen molar-refractivity contribution in [3.8, 4) is 11.5 Å². The quantitative estimate of drug-likeness (QED) is 0.801. The largest absolute Gasteiger partial charge is 0.493 e. The number of hydrogen-bond acceptors (Lipinski definition) is 6. The number of nitrogens with zero attached hydrogens (tertiary/aromatic N) is 4. The molecule has 1 aromatic heterocycles. The summed E-state index contributed by atoms with van der Waals surface area (Å²) >= 11 is 0. The second-order valence-corrected chi connectivity index (χ2v) is 4.29. The fraction of sp³-hybridized carbons (Fsp3) is 0.462. The van der Waals surface area contributed by atoms with E-state index in [-0.39, 0.29) is 0 Å². The van der Waals surface area contributed by atoms with Crippen molar-refractivity contribution < 1.29 is 9.47 Å². The molecule has 2 rings (SSSR count). The van der Waals surface area contributed by atoms with Gasteiger partial charge in [-0.15, -0.1) is 5.10 Å². The number of methoxy groups -OCH3 is 2. The average molecular weight is 277 g/mol. The Morgan fingerprint density at radius 3 is 2.70 bits per heavy atom. The van der Waals surface area contributed by atoms with Gasteiger partial charge in [-0.05, 0) is 41.6 Å². The van der Waals surface area contributed by atoms with Gasteiger partial charge in [0.25, 0.3) is 0 Å². The molecule has 0 radical (unpaired) electrons. The number of rotatable bonds is 7. The zero-order valence-electron chi connectivity index (χ0n) is 12.0. The topological polar surface area (TPSA) is 74.1 Å². The molecule has 0 saturated carbocycles. The lowest BCUT2D eigenvalue weighted by Crippen LogP contribution is -2.14. The first-order chi connectivity index (χ1) is 9.78. The van der Waals surface area contributed by atoms with Crippen molar-refractivity contribution in [1.29, 1.82) is 0 Å². The Morgan fingerprint density at radius 1 is 1.20 bits per heavy atom. The van der Waals surface area contributed by atoms with Crippen LogP contribution in [-0.4, -0.2) is 41.5 Å². The predicted molar refractivity (Wildman–Crippen MR) is 73.8 cm³/mol. The van der Waals surface area contributed by atoms with Gasteiger partial charge in [0, 0.05) is 6.54 Å². The van der Waals surface area contributed by atoms with E-state index >= 15 is 0 Å². The van der Waals surface area contributed by atoms with Crippen molar-refractivity contribution in [1.82, 2.24) is 25.5 Å². The van der Waals surface area contributed by atoms with E-state index in [9.17, 15) is 0 Å². The zero-order valence-corrected chi connectivity index (χ0v) is 12.0. The summed E-state index contributed by atoms with van der Waals surface area (Å²) in [5, 5.41) is 14.7. The van der Waals surface area contributed by atoms with Crippen LogP contribution in [0.2, 0.25) is 0 Å². The molecule has 20 heavy (non-hydrogen) atoms. The third kappa shape index (κ3) is 3.24. The molecule has 0 bridgehead atoms. The maximum absolute atomic E-state index is 5.29. The first-order valence-corrected chi connectivity index (χ1v) is 6.39. The number of nitrogens with one attached hydrogen (secondary N) is 1. The van der Waals surface area contributed by atoms with Crippen LogP contribution in [0, 0.1) is 0 Å². The number of hydrogen-bond donors (Lipinski definition) is 1. The summed E-state index contributed by atoms with van der Waals surface area (Å²) in [4.78, 5) is 0. The molecule has 0 fully saturated rings. The van der Waals surface area contributed by atoms with Crippen LogP contribution in [0.5, 0.6) is 11.5 Å². The summed E-state index contributed by atoms with van der Waals surface area (Å²) in [6, 6.07) is 5.90. The van der Waals surface area contributed by atoms with E-state index in [4.69, 9.17) is 9.47 Å². The highest BCUT2D eigenvalue weighted by Gasteiger charge is 2.07. The van der Waals surface area contributed by atoms with Crippen molar-refractivity contribution in [3.63, 3.8) is 0 Å². The molecule has 0 amide bonds. The van der Waals surface area contributed by atoms with Crippen molar-refractivity contribution >= 4 is 0 Å². The van der Waals surface area contributed by atoms with Crippen LogP contribution < -0.4 is 14.8 Å². The molecule has 0 aliphatic carbocycles. The molecule has 0 spiro atoms. The van der Waals surface area contributed by atoms with E-state index in [0.29, 0.717) is 6.54 Å². The van der Waals surface area contributed by atoms with Gasteiger partial charge in [0.15, 0.2) is 17.3 Å². The molecule has 0 saturated heterocycles. The Labute approximate surface area is 117 Å². The average Bonchev–Trinajstić information content (AvgIpc) is 2.92. The first-order valence-electron chi connectivity index (χ1n) is 6.39. The number of tetrazole rings is 1. The maximum Gasteiger partial charge on any atom is 0.165 e. The summed E-state index contributed by atoms with van der Waals surface area (Å²) in [6.07, 6.45) is 0.822. The van der Waals surface area contributed by atoms with Crippen LogP contribution in [0.3, 0.4) is 0 Å². The van der Waals surface area contributed by atoms with Crippen molar-refractivity contribution in [2.24, 2.45) is 0 Å². The van der Waals surface area contributed by atoms with Crippen LogP contribution in [-0.2, 0) is 19.5 Å². The fourth-order valence-corrected chi connectivity index (χ4v) is 1.95. The van der Waals surface area contributed by atoms with Gasteiger partial charge >= 0.3 is 0 Å². The van der Waals surface area contributed by atoms with Crippen LogP contribution in [0.15, 0.2) is 18.2 Å². The van der Waals surface area contributed by atoms with Gasteiger partial charge in [0.2, 0.25) is 0 Å². The smallest absolute Gasteiger partial charge is 0.165 e. The van der Waals surface area contributed by atoms with Gasteiger partial charge in [-0.2, -0.15) is 0 Å². The molecule has 0 unspecified atom stereocenters. The van der Waals surface area contributed by atoms with Gasteiger partial charge in [-0.3, -0.25) is 0 Å². The molecule has 0 atom stereocenters. The highest BCUT2D eigenvalue weighted by atomic mass is 16.5. The van der Waals surface area contributed by atoms with Gasteiger partial charge < -0.3 is 14.8 Å². The predicted octanol–water partition coefficient (Wildman–Crippen LogP) is 0.652. The molecule has 1 N–H and O–H groups in total. The van der Waals surface area contributed by atoms with Crippen LogP contribution >= 0.6 is 0 Å². The number of benzene rings is 1. The molecular weight excluding hydrogens is 258 g/mol. The Morgan fingerprint density at radius 2 is 2.00 bits per heavy atom. The van der Waals surface area contributed by atoms with Gasteiger partial charge in [-0.25, -0.2) is 4.68 Å². The Kier molecular flexibility index (Phi) is 4.89. The lowest BCUT2D eigenvalue weighted by Gasteiger charge is -2.10. The normalized spacial score (nSPS) is 10.6. The second kappa shape index (κ2) is 6.85. The van der Waals surface area contributed by atoms with E-state index in [1.165, 1.54) is 0 Å². The molecule has 108 valence electrons. The summed E-state index contributed by atoms with van der Waals surface area (Å²) < 4.78 is 12.3. The summed E-state index contributed by atoms with van der Waals surface area (Å²) in [6.45, 7) is 1.37. The summed E-state index contributed by atoms with van der Waals surface area (Å²) in [5.74, 6) is 2.29. The second-order valence-electron chi connectivity index (χ2n) is 4.29. The lowest BCUT2D eigenvalue weighted by atomic mass is 10.1. The minimum absolute atomic E-state index is 0.652. The fourth-order valence-electron chi connectivity index (χ4n) is 1.95. The van der Waals surface area contributed by atoms with Crippen LogP contribution in [0.1, 0.15) is 11.4 Å². The maximum atomic E-state index is 5.29. The van der Waals surface area contributed by atoms with Crippen LogP contribution in [0.4, 0.5) is 0 Å². The molecule has 1 aromatic carbocycles. The third-order valence-corrected chi connectivity index (χ3v) is 3.00. The van der Waals surface area contributed by atoms with Crippen LogP contribution in [0.25, 0.3) is 0 Å². The Hall–Kier alpha value is -2.15. The zero-order chi connectivity index (χ0) is 14.4. The van der Waals surface area contributed by atoms with E-state index in [1.807, 2.05) is 25.2 Å². The van der Waals surface area contributed by atoms with E-state index in [1.54, 1.807) is 18.9 Å². The molecule has 0 aliphatic rings. The summed E-state index contributed by atoms with van der Waals surface area (Å²) in [7, 11) is 5.13. The third-order valence-electron chi connectivity index (χ3n) is 3.00. The number of aryl methyl sites for hydroxylation is 2. The Balaban J connectivity index is 2.05. The number of ether oxygens (including phenoxy) is 2. The van der Waals surface area contributed by atoms with E-state index < -0.39 is 0 Å². The highest BCUT2D eigenvalue weighted by molar-refractivity contribution is 5.42. The summed E-state index contributed by atoms with van der Waals surface area (Å²) in [5.41, 5.74) is 1.15. The van der Waals surface area contributed by atoms with Gasteiger partial charge in [0.05, 0.1) is 20.8 Å². The molecule has 1 heterocycles. The minimum Gasteiger partial charge on any atom is -0.493 e. The van der Waals surface area contributed by atoms with E-state index in [0.717, 1.165) is 35.9 Å². The standard InChI is InChI=1S/C13H19N5O2/c1-14-9-13-15-16-17-18(13)7-6-10-4-5-11(19-2)12(8-10)20-3/h4-5,8,14H,6-7,9H2,1-3H3. The highest BCUT2D eigenvalue weighted by Crippen LogP contribution is 2.27. The SMILES string of the molecule is CNCc1nnnn1CCc1ccc(OC)c(OC)c1. The first kappa shape index (κ1) is 14.3. The molecule has 7 heteroatoms.